The molecule has 0 radical (unpaired) electrons. The van der Waals surface area contributed by atoms with E-state index in [4.69, 9.17) is 37.0 Å². The average molecular weight is 1420 g/mol. The Bertz CT molecular complexity index is 1860. The normalized spacial score (nSPS) is 13.9. The van der Waals surface area contributed by atoms with Gasteiger partial charge in [-0.2, -0.15) is 0 Å². The van der Waals surface area contributed by atoms with Crippen LogP contribution in [0.3, 0.4) is 0 Å². The van der Waals surface area contributed by atoms with Gasteiger partial charge in [-0.05, 0) is 31.6 Å². The van der Waals surface area contributed by atoms with E-state index in [2.05, 4.69) is 34.6 Å². The van der Waals surface area contributed by atoms with Crippen molar-refractivity contribution in [3.8, 4) is 0 Å². The minimum atomic E-state index is -4.96. The minimum Gasteiger partial charge on any atom is -0.462 e. The molecule has 0 saturated carbocycles. The third kappa shape index (κ3) is 72.2. The highest BCUT2D eigenvalue weighted by Crippen LogP contribution is 2.45. The highest BCUT2D eigenvalue weighted by Gasteiger charge is 2.30. The lowest BCUT2D eigenvalue weighted by Gasteiger charge is -2.21. The van der Waals surface area contributed by atoms with Crippen molar-refractivity contribution < 1.29 is 80.2 Å². The van der Waals surface area contributed by atoms with Crippen LogP contribution in [0.1, 0.15) is 413 Å². The molecule has 17 nitrogen and oxygen atoms in total. The molecule has 19 heteroatoms. The Morgan fingerprint density at radius 2 is 0.474 bits per heavy atom. The fourth-order valence-corrected chi connectivity index (χ4v) is 13.6. The summed E-state index contributed by atoms with van der Waals surface area (Å²) in [4.78, 5) is 72.9. The SMILES string of the molecule is CCCCCCCCCCCCCCCCCCCCC(=O)O[C@H](COC(=O)CCCCCCCCCCCCCCC(C)C)COP(=O)(O)OC[C@@H](O)COP(=O)(O)OC[C@@H](COC(=O)CCCCCCCCCCCCCC)OC(=O)CCCCCCCCCCCCCC. The van der Waals surface area contributed by atoms with Gasteiger partial charge in [0.15, 0.2) is 12.2 Å². The summed E-state index contributed by atoms with van der Waals surface area (Å²) in [7, 11) is -9.91. The third-order valence-corrected chi connectivity index (χ3v) is 20.2. The van der Waals surface area contributed by atoms with Crippen molar-refractivity contribution in [1.82, 2.24) is 0 Å². The molecular formula is C78H152O17P2. The smallest absolute Gasteiger partial charge is 0.462 e. The molecule has 0 bridgehead atoms. The Morgan fingerprint density at radius 1 is 0.278 bits per heavy atom. The molecule has 0 aliphatic heterocycles. The number of carbonyl (C=O) groups is 4. The fourth-order valence-electron chi connectivity index (χ4n) is 12.1. The molecule has 576 valence electrons. The van der Waals surface area contributed by atoms with E-state index >= 15 is 0 Å². The van der Waals surface area contributed by atoms with Crippen LogP contribution < -0.4 is 0 Å². The molecule has 0 fully saturated rings. The van der Waals surface area contributed by atoms with E-state index in [0.717, 1.165) is 95.8 Å². The maximum atomic E-state index is 13.1. The number of aliphatic hydroxyl groups is 1. The maximum Gasteiger partial charge on any atom is 0.472 e. The Labute approximate surface area is 594 Å². The molecule has 0 spiro atoms. The Hall–Kier alpha value is -1.94. The van der Waals surface area contributed by atoms with Gasteiger partial charge in [0.1, 0.15) is 19.3 Å². The summed E-state index contributed by atoms with van der Waals surface area (Å²) in [6.45, 7) is 7.33. The Kier molecular flexibility index (Phi) is 69.6. The van der Waals surface area contributed by atoms with E-state index in [1.54, 1.807) is 0 Å². The molecule has 3 N–H and O–H groups in total. The van der Waals surface area contributed by atoms with Crippen molar-refractivity contribution in [2.45, 2.75) is 432 Å². The fraction of sp³-hybridized carbons (Fsp3) is 0.949. The van der Waals surface area contributed by atoms with Crippen molar-refractivity contribution in [2.24, 2.45) is 5.92 Å². The third-order valence-electron chi connectivity index (χ3n) is 18.3. The monoisotopic (exact) mass is 1420 g/mol. The second kappa shape index (κ2) is 71.1. The number of carbonyl (C=O) groups excluding carboxylic acids is 4. The topological polar surface area (TPSA) is 237 Å². The molecule has 97 heavy (non-hydrogen) atoms. The summed E-state index contributed by atoms with van der Waals surface area (Å²) in [5.74, 6) is -1.33. The number of rotatable bonds is 78. The summed E-state index contributed by atoms with van der Waals surface area (Å²) in [5, 5.41) is 10.6. The standard InChI is InChI=1S/C78H152O17P2/c1-6-9-12-15-18-21-24-27-28-29-30-31-32-39-44-49-54-59-64-78(83)95-74(68-89-76(81)62-57-52-47-42-38-34-33-35-40-45-50-55-60-71(4)5)70-93-97(86,87)91-66-72(79)65-90-96(84,85)92-69-73(94-77(82)63-58-53-48-43-37-26-23-20-17-14-11-8-3)67-88-75(80)61-56-51-46-41-36-25-22-19-16-13-10-7-2/h71-74,79H,6-70H2,1-5H3,(H,84,85)(H,86,87)/t72-,73+,74+/m0/s1. The van der Waals surface area contributed by atoms with Gasteiger partial charge in [0.2, 0.25) is 0 Å². The predicted molar refractivity (Wildman–Crippen MR) is 395 cm³/mol. The lowest BCUT2D eigenvalue weighted by molar-refractivity contribution is -0.161. The molecule has 0 aromatic rings. The summed E-state index contributed by atoms with van der Waals surface area (Å²) >= 11 is 0. The van der Waals surface area contributed by atoms with Gasteiger partial charge in [-0.15, -0.1) is 0 Å². The molecule has 0 aromatic carbocycles. The quantitative estimate of drug-likeness (QED) is 0.0222. The molecule has 0 rings (SSSR count). The molecule has 5 atom stereocenters. The van der Waals surface area contributed by atoms with Crippen LogP contribution in [0.15, 0.2) is 0 Å². The summed E-state index contributed by atoms with van der Waals surface area (Å²) < 4.78 is 68.6. The van der Waals surface area contributed by atoms with Crippen molar-refractivity contribution >= 4 is 39.5 Å². The second-order valence-corrected chi connectivity index (χ2v) is 31.5. The molecule has 0 aliphatic rings. The van der Waals surface area contributed by atoms with Crippen LogP contribution in [-0.2, 0) is 65.4 Å². The van der Waals surface area contributed by atoms with Gasteiger partial charge in [-0.25, -0.2) is 9.13 Å². The van der Waals surface area contributed by atoms with Crippen LogP contribution in [0.25, 0.3) is 0 Å². The van der Waals surface area contributed by atoms with Gasteiger partial charge in [0.25, 0.3) is 0 Å². The first kappa shape index (κ1) is 95.1. The van der Waals surface area contributed by atoms with Crippen LogP contribution in [0.5, 0.6) is 0 Å². The number of ether oxygens (including phenoxy) is 4. The van der Waals surface area contributed by atoms with Gasteiger partial charge >= 0.3 is 39.5 Å². The predicted octanol–water partition coefficient (Wildman–Crippen LogP) is 23.3. The van der Waals surface area contributed by atoms with Gasteiger partial charge in [0.05, 0.1) is 26.4 Å². The first-order valence-corrected chi connectivity index (χ1v) is 43.6. The number of unbranched alkanes of at least 4 members (excludes halogenated alkanes) is 50. The highest BCUT2D eigenvalue weighted by molar-refractivity contribution is 7.47. The number of esters is 4. The summed E-state index contributed by atoms with van der Waals surface area (Å²) in [6.07, 6.45) is 60.9. The van der Waals surface area contributed by atoms with Crippen LogP contribution >= 0.6 is 15.6 Å². The minimum absolute atomic E-state index is 0.108. The van der Waals surface area contributed by atoms with Crippen LogP contribution in [0.4, 0.5) is 0 Å². The molecule has 0 heterocycles. The maximum absolute atomic E-state index is 13.1. The van der Waals surface area contributed by atoms with Gasteiger partial charge in [-0.1, -0.05) is 362 Å². The van der Waals surface area contributed by atoms with Gasteiger partial charge < -0.3 is 33.8 Å². The Balaban J connectivity index is 5.25. The van der Waals surface area contributed by atoms with Crippen molar-refractivity contribution in [3.05, 3.63) is 0 Å². The number of aliphatic hydroxyl groups excluding tert-OH is 1. The molecule has 0 aliphatic carbocycles. The summed E-state index contributed by atoms with van der Waals surface area (Å²) in [6, 6.07) is 0. The molecular weight excluding hydrogens is 1270 g/mol. The lowest BCUT2D eigenvalue weighted by Crippen LogP contribution is -2.30. The number of phosphoric ester groups is 2. The van der Waals surface area contributed by atoms with E-state index in [9.17, 15) is 43.2 Å². The van der Waals surface area contributed by atoms with E-state index in [0.29, 0.717) is 25.7 Å². The number of phosphoric acid groups is 2. The van der Waals surface area contributed by atoms with Crippen LogP contribution in [0, 0.1) is 5.92 Å². The first-order chi connectivity index (χ1) is 47.0. The largest absolute Gasteiger partial charge is 0.472 e. The second-order valence-electron chi connectivity index (χ2n) is 28.6. The Morgan fingerprint density at radius 3 is 0.701 bits per heavy atom. The zero-order valence-corrected chi connectivity index (χ0v) is 65.0. The van der Waals surface area contributed by atoms with Crippen molar-refractivity contribution in [3.63, 3.8) is 0 Å². The lowest BCUT2D eigenvalue weighted by atomic mass is 10.0. The van der Waals surface area contributed by atoms with Crippen molar-refractivity contribution in [1.29, 1.82) is 0 Å². The van der Waals surface area contributed by atoms with Gasteiger partial charge in [0, 0.05) is 25.7 Å². The van der Waals surface area contributed by atoms with E-state index in [1.807, 2.05) is 0 Å². The van der Waals surface area contributed by atoms with Crippen molar-refractivity contribution in [2.75, 3.05) is 39.6 Å². The zero-order chi connectivity index (χ0) is 71.2. The zero-order valence-electron chi connectivity index (χ0n) is 63.2. The molecule has 0 aromatic heterocycles. The number of hydrogen-bond donors (Lipinski definition) is 3. The molecule has 0 amide bonds. The van der Waals surface area contributed by atoms with Crippen LogP contribution in [-0.4, -0.2) is 96.7 Å². The number of hydrogen-bond acceptors (Lipinski definition) is 15. The molecule has 0 saturated heterocycles. The highest BCUT2D eigenvalue weighted by atomic mass is 31.2. The van der Waals surface area contributed by atoms with Crippen LogP contribution in [0.2, 0.25) is 0 Å². The van der Waals surface area contributed by atoms with E-state index < -0.39 is 97.5 Å². The van der Waals surface area contributed by atoms with E-state index in [-0.39, 0.29) is 25.7 Å². The molecule has 2 unspecified atom stereocenters. The van der Waals surface area contributed by atoms with E-state index in [1.165, 1.54) is 238 Å². The average Bonchev–Trinajstić information content (AvgIpc) is 1.53. The summed E-state index contributed by atoms with van der Waals surface area (Å²) in [5.41, 5.74) is 0. The van der Waals surface area contributed by atoms with Gasteiger partial charge in [-0.3, -0.25) is 37.3 Å². The first-order valence-electron chi connectivity index (χ1n) is 40.6.